The molecule has 2 rings (SSSR count). The van der Waals surface area contributed by atoms with Crippen LogP contribution in [-0.4, -0.2) is 54.9 Å². The summed E-state index contributed by atoms with van der Waals surface area (Å²) in [5, 5.41) is 37.3. The maximum Gasteiger partial charge on any atom is 0.330 e. The van der Waals surface area contributed by atoms with E-state index in [1.54, 1.807) is 0 Å². The molecule has 0 aliphatic carbocycles. The number of aromatic hydroxyl groups is 1. The third-order valence-corrected chi connectivity index (χ3v) is 2.74. The molecular weight excluding hydrogens is 248 g/mol. The molecule has 2 heterocycles. The zero-order chi connectivity index (χ0) is 13.4. The molecule has 1 aromatic heterocycles. The van der Waals surface area contributed by atoms with Gasteiger partial charge in [0.1, 0.15) is 18.3 Å². The summed E-state index contributed by atoms with van der Waals surface area (Å²) in [6, 6.07) is 0. The summed E-state index contributed by atoms with van der Waals surface area (Å²) >= 11 is 0. The summed E-state index contributed by atoms with van der Waals surface area (Å²) in [5.41, 5.74) is -1.88. The van der Waals surface area contributed by atoms with Crippen LogP contribution in [0.15, 0.2) is 15.8 Å². The first-order valence-corrected chi connectivity index (χ1v) is 5.12. The van der Waals surface area contributed by atoms with E-state index in [2.05, 4.69) is 0 Å². The maximum absolute atomic E-state index is 11.5. The van der Waals surface area contributed by atoms with E-state index in [1.807, 2.05) is 4.98 Å². The second kappa shape index (κ2) is 4.53. The fourth-order valence-electron chi connectivity index (χ4n) is 1.77. The standard InChI is InChI=1S/C9H12N2O7/c12-2-4-5(14)6(15)8(18-4)11-1-3(13)7(16)10-9(11)17/h1,4-6,8,12-15H,2H2,(H,10,16,17)/t4-,5+,6+,8-/m0/s1. The zero-order valence-corrected chi connectivity index (χ0v) is 9.05. The lowest BCUT2D eigenvalue weighted by atomic mass is 10.1. The predicted molar refractivity (Wildman–Crippen MR) is 56.0 cm³/mol. The van der Waals surface area contributed by atoms with Gasteiger partial charge in [0.15, 0.2) is 12.0 Å². The summed E-state index contributed by atoms with van der Waals surface area (Å²) in [6.45, 7) is -0.543. The number of aromatic amines is 1. The minimum Gasteiger partial charge on any atom is -0.502 e. The maximum atomic E-state index is 11.5. The van der Waals surface area contributed by atoms with Crippen molar-refractivity contribution in [2.75, 3.05) is 6.61 Å². The number of aromatic nitrogens is 2. The van der Waals surface area contributed by atoms with E-state index < -0.39 is 48.1 Å². The van der Waals surface area contributed by atoms with Crippen molar-refractivity contribution in [3.8, 4) is 5.75 Å². The quantitative estimate of drug-likeness (QED) is 0.377. The molecule has 18 heavy (non-hydrogen) atoms. The summed E-state index contributed by atoms with van der Waals surface area (Å²) in [4.78, 5) is 24.3. The van der Waals surface area contributed by atoms with Crippen molar-refractivity contribution >= 4 is 0 Å². The number of hydrogen-bond acceptors (Lipinski definition) is 7. The average Bonchev–Trinajstić information content (AvgIpc) is 2.61. The van der Waals surface area contributed by atoms with Gasteiger partial charge in [-0.25, -0.2) is 4.79 Å². The highest BCUT2D eigenvalue weighted by atomic mass is 16.6. The van der Waals surface area contributed by atoms with Gasteiger partial charge in [-0.1, -0.05) is 0 Å². The fourth-order valence-corrected chi connectivity index (χ4v) is 1.77. The third-order valence-electron chi connectivity index (χ3n) is 2.74. The number of H-pyrrole nitrogens is 1. The molecule has 9 heteroatoms. The molecule has 0 amide bonds. The summed E-state index contributed by atoms with van der Waals surface area (Å²) in [7, 11) is 0. The third kappa shape index (κ3) is 1.93. The van der Waals surface area contributed by atoms with E-state index in [0.29, 0.717) is 0 Å². The van der Waals surface area contributed by atoms with E-state index in [-0.39, 0.29) is 0 Å². The summed E-state index contributed by atoms with van der Waals surface area (Å²) < 4.78 is 5.81. The Hall–Kier alpha value is -1.68. The molecule has 0 radical (unpaired) electrons. The molecule has 0 aromatic carbocycles. The SMILES string of the molecule is O=c1[nH]c(=O)n([C@H]2O[C@@H](CO)[C@@H](O)[C@H]2O)cc1O. The Balaban J connectivity index is 2.42. The van der Waals surface area contributed by atoms with Crippen LogP contribution in [0.1, 0.15) is 6.23 Å². The van der Waals surface area contributed by atoms with Gasteiger partial charge in [-0.05, 0) is 0 Å². The molecule has 0 unspecified atom stereocenters. The summed E-state index contributed by atoms with van der Waals surface area (Å²) in [6.07, 6.45) is -4.40. The van der Waals surface area contributed by atoms with Crippen molar-refractivity contribution in [1.29, 1.82) is 0 Å². The van der Waals surface area contributed by atoms with Gasteiger partial charge in [-0.2, -0.15) is 0 Å². The molecule has 100 valence electrons. The average molecular weight is 260 g/mol. The van der Waals surface area contributed by atoms with Gasteiger partial charge >= 0.3 is 5.69 Å². The molecule has 1 aliphatic rings. The predicted octanol–water partition coefficient (Wildman–Crippen LogP) is -3.15. The smallest absolute Gasteiger partial charge is 0.330 e. The fraction of sp³-hybridized carbons (Fsp3) is 0.556. The van der Waals surface area contributed by atoms with E-state index in [9.17, 15) is 24.9 Å². The highest BCUT2D eigenvalue weighted by molar-refractivity contribution is 5.10. The largest absolute Gasteiger partial charge is 0.502 e. The Kier molecular flexibility index (Phi) is 3.22. The van der Waals surface area contributed by atoms with Crippen LogP contribution < -0.4 is 11.2 Å². The first-order valence-electron chi connectivity index (χ1n) is 5.12. The number of ether oxygens (including phenoxy) is 1. The molecule has 1 aromatic rings. The first kappa shape index (κ1) is 12.8. The van der Waals surface area contributed by atoms with Crippen LogP contribution in [0.2, 0.25) is 0 Å². The van der Waals surface area contributed by atoms with Gasteiger partial charge in [0.25, 0.3) is 5.56 Å². The molecule has 4 atom stereocenters. The van der Waals surface area contributed by atoms with E-state index >= 15 is 0 Å². The van der Waals surface area contributed by atoms with E-state index in [1.165, 1.54) is 0 Å². The molecule has 9 nitrogen and oxygen atoms in total. The van der Waals surface area contributed by atoms with Gasteiger partial charge in [0.2, 0.25) is 0 Å². The minimum atomic E-state index is -1.47. The molecule has 0 saturated carbocycles. The van der Waals surface area contributed by atoms with Gasteiger partial charge in [-0.3, -0.25) is 14.3 Å². The first-order chi connectivity index (χ1) is 8.45. The highest BCUT2D eigenvalue weighted by Crippen LogP contribution is 2.28. The number of hydrogen-bond donors (Lipinski definition) is 5. The Morgan fingerprint density at radius 3 is 2.56 bits per heavy atom. The lowest BCUT2D eigenvalue weighted by Gasteiger charge is -2.16. The molecular formula is C9H12N2O7. The number of nitrogens with one attached hydrogen (secondary N) is 1. The Labute approximate surface area is 99.5 Å². The van der Waals surface area contributed by atoms with Crippen LogP contribution >= 0.6 is 0 Å². The molecule has 1 aliphatic heterocycles. The van der Waals surface area contributed by atoms with Crippen molar-refractivity contribution < 1.29 is 25.2 Å². The molecule has 1 saturated heterocycles. The van der Waals surface area contributed by atoms with Gasteiger partial charge < -0.3 is 25.2 Å². The van der Waals surface area contributed by atoms with Crippen molar-refractivity contribution in [3.05, 3.63) is 27.0 Å². The lowest BCUT2D eigenvalue weighted by Crippen LogP contribution is -2.37. The van der Waals surface area contributed by atoms with Crippen LogP contribution in [0, 0.1) is 0 Å². The zero-order valence-electron chi connectivity index (χ0n) is 9.05. The number of aliphatic hydroxyl groups is 3. The van der Waals surface area contributed by atoms with Crippen LogP contribution in [0.25, 0.3) is 0 Å². The molecule has 0 spiro atoms. The van der Waals surface area contributed by atoms with Crippen LogP contribution in [0.3, 0.4) is 0 Å². The Morgan fingerprint density at radius 2 is 2.00 bits per heavy atom. The molecule has 0 bridgehead atoms. The van der Waals surface area contributed by atoms with Crippen LogP contribution in [0.4, 0.5) is 0 Å². The minimum absolute atomic E-state index is 0.543. The second-order valence-corrected chi connectivity index (χ2v) is 3.91. The second-order valence-electron chi connectivity index (χ2n) is 3.91. The van der Waals surface area contributed by atoms with Crippen molar-refractivity contribution in [3.63, 3.8) is 0 Å². The van der Waals surface area contributed by atoms with Crippen molar-refractivity contribution in [2.24, 2.45) is 0 Å². The van der Waals surface area contributed by atoms with Crippen molar-refractivity contribution in [1.82, 2.24) is 9.55 Å². The van der Waals surface area contributed by atoms with Crippen LogP contribution in [-0.2, 0) is 4.74 Å². The Bertz CT molecular complexity index is 551. The molecule has 1 fully saturated rings. The van der Waals surface area contributed by atoms with E-state index in [0.717, 1.165) is 10.8 Å². The number of rotatable bonds is 2. The highest BCUT2D eigenvalue weighted by Gasteiger charge is 2.43. The van der Waals surface area contributed by atoms with E-state index in [4.69, 9.17) is 9.84 Å². The van der Waals surface area contributed by atoms with Gasteiger partial charge in [0, 0.05) is 0 Å². The Morgan fingerprint density at radius 1 is 1.33 bits per heavy atom. The number of aliphatic hydroxyl groups excluding tert-OH is 3. The normalized spacial score (nSPS) is 31.7. The van der Waals surface area contributed by atoms with Gasteiger partial charge in [-0.15, -0.1) is 0 Å². The monoisotopic (exact) mass is 260 g/mol. The number of nitrogens with zero attached hydrogens (tertiary/aromatic N) is 1. The summed E-state index contributed by atoms with van der Waals surface area (Å²) in [5.74, 6) is -0.729. The lowest BCUT2D eigenvalue weighted by molar-refractivity contribution is -0.0552. The van der Waals surface area contributed by atoms with Gasteiger partial charge in [0.05, 0.1) is 12.8 Å². The van der Waals surface area contributed by atoms with Crippen molar-refractivity contribution in [2.45, 2.75) is 24.5 Å². The molecule has 5 N–H and O–H groups in total. The topological polar surface area (TPSA) is 145 Å². The van der Waals surface area contributed by atoms with Crippen LogP contribution in [0.5, 0.6) is 5.75 Å².